The van der Waals surface area contributed by atoms with E-state index in [0.717, 1.165) is 0 Å². The number of benzene rings is 1. The van der Waals surface area contributed by atoms with Crippen molar-refractivity contribution in [1.82, 2.24) is 14.5 Å². The molecule has 3 heterocycles. The van der Waals surface area contributed by atoms with Gasteiger partial charge in [0.25, 0.3) is 5.91 Å². The molecule has 0 saturated carbocycles. The van der Waals surface area contributed by atoms with Crippen molar-refractivity contribution < 1.29 is 23.5 Å². The van der Waals surface area contributed by atoms with Crippen molar-refractivity contribution in [2.24, 2.45) is 7.05 Å². The number of halogens is 1. The smallest absolute Gasteiger partial charge is 0.256 e. The van der Waals surface area contributed by atoms with Gasteiger partial charge in [-0.25, -0.2) is 14.4 Å². The topological polar surface area (TPSA) is 98.5 Å². The number of nitrogens with one attached hydrogen (secondary N) is 1. The number of ether oxygens (including phenoxy) is 1. The van der Waals surface area contributed by atoms with Gasteiger partial charge in [0.2, 0.25) is 0 Å². The third-order valence-electron chi connectivity index (χ3n) is 7.06. The second kappa shape index (κ2) is 9.42. The highest BCUT2D eigenvalue weighted by atomic mass is 28.4. The third kappa shape index (κ3) is 4.75. The lowest BCUT2D eigenvalue weighted by molar-refractivity contribution is -0.0194. The lowest BCUT2D eigenvalue weighted by atomic mass is 10.0. The number of rotatable bonds is 6. The number of nitrogens with zero attached hydrogens (tertiary/aromatic N) is 3. The van der Waals surface area contributed by atoms with Gasteiger partial charge in [0.15, 0.2) is 20.3 Å². The molecule has 8 nitrogen and oxygen atoms in total. The molecule has 2 N–H and O–H groups in total. The largest absolute Gasteiger partial charge is 0.408 e. The summed E-state index contributed by atoms with van der Waals surface area (Å²) in [5.74, 6) is 0.0100. The van der Waals surface area contributed by atoms with Crippen LogP contribution in [-0.2, 0) is 16.2 Å². The first-order valence-electron chi connectivity index (χ1n) is 11.7. The van der Waals surface area contributed by atoms with Gasteiger partial charge in [-0.05, 0) is 30.3 Å². The molecule has 1 fully saturated rings. The predicted molar refractivity (Wildman–Crippen MR) is 135 cm³/mol. The molecule has 2 aromatic heterocycles. The first-order chi connectivity index (χ1) is 16.4. The number of hydrogen-bond acceptors (Lipinski definition) is 6. The van der Waals surface area contributed by atoms with Gasteiger partial charge in [0, 0.05) is 24.4 Å². The Morgan fingerprint density at radius 2 is 1.94 bits per heavy atom. The van der Waals surface area contributed by atoms with Crippen molar-refractivity contribution in [3.63, 3.8) is 0 Å². The van der Waals surface area contributed by atoms with Crippen LogP contribution < -0.4 is 5.32 Å². The van der Waals surface area contributed by atoms with Crippen LogP contribution in [0.3, 0.4) is 0 Å². The van der Waals surface area contributed by atoms with E-state index in [1.807, 2.05) is 19.2 Å². The van der Waals surface area contributed by atoms with Gasteiger partial charge >= 0.3 is 0 Å². The predicted octanol–water partition coefficient (Wildman–Crippen LogP) is 4.38. The quantitative estimate of drug-likeness (QED) is 0.488. The molecule has 0 aliphatic carbocycles. The highest BCUT2D eigenvalue weighted by Gasteiger charge is 2.51. The summed E-state index contributed by atoms with van der Waals surface area (Å²) in [6.45, 7) is 10.00. The van der Waals surface area contributed by atoms with Crippen LogP contribution in [0.5, 0.6) is 0 Å². The first kappa shape index (κ1) is 25.4. The fourth-order valence-electron chi connectivity index (χ4n) is 4.10. The number of carbonyl (C=O) groups is 1. The van der Waals surface area contributed by atoms with Crippen LogP contribution in [-0.4, -0.2) is 58.9 Å². The van der Waals surface area contributed by atoms with Crippen LogP contribution in [0.2, 0.25) is 18.1 Å². The number of hydrogen-bond donors (Lipinski definition) is 2. The molecule has 0 spiro atoms. The molecule has 4 rings (SSSR count). The average Bonchev–Trinajstić information content (AvgIpc) is 3.30. The average molecular weight is 501 g/mol. The van der Waals surface area contributed by atoms with Crippen LogP contribution in [0.1, 0.15) is 42.8 Å². The molecule has 1 amide bonds. The number of aromatic nitrogens is 3. The van der Waals surface area contributed by atoms with Gasteiger partial charge < -0.3 is 24.2 Å². The van der Waals surface area contributed by atoms with E-state index < -0.39 is 32.8 Å². The van der Waals surface area contributed by atoms with Gasteiger partial charge in [-0.15, -0.1) is 0 Å². The normalized spacial score (nSPS) is 23.1. The van der Waals surface area contributed by atoms with Crippen molar-refractivity contribution in [3.05, 3.63) is 54.0 Å². The standard InChI is InChI=1S/C25H33FN4O4Si/c1-25(2,3)35(5,6)34-22-17(13-31)33-21(18(22)26)16-12-30(4)20-19(16)27-14-28-23(20)29-24(32)15-10-8-7-9-11-15/h7-12,14,17-18,21-22,31H,13H2,1-6H3,(H,27,28,29,32)/t17-,18+,21+,22-/m1/s1. The summed E-state index contributed by atoms with van der Waals surface area (Å²) < 4.78 is 30.0. The second-order valence-corrected chi connectivity index (χ2v) is 15.3. The molecule has 0 bridgehead atoms. The number of anilines is 1. The van der Waals surface area contributed by atoms with Crippen LogP contribution in [0.15, 0.2) is 42.9 Å². The van der Waals surface area contributed by atoms with Crippen LogP contribution in [0, 0.1) is 0 Å². The monoisotopic (exact) mass is 500 g/mol. The van der Waals surface area contributed by atoms with E-state index >= 15 is 4.39 Å². The number of carbonyl (C=O) groups excluding carboxylic acids is 1. The molecule has 3 aromatic rings. The number of aryl methyl sites for hydroxylation is 1. The SMILES string of the molecule is Cn1cc([C@@H]2O[C@H](CO)[C@@H](O[Si](C)(C)C(C)(C)C)[C@H]2F)c2ncnc(NC(=O)c3ccccc3)c21. The molecule has 4 atom stereocenters. The Morgan fingerprint density at radius 3 is 2.57 bits per heavy atom. The summed E-state index contributed by atoms with van der Waals surface area (Å²) in [6, 6.07) is 8.82. The molecule has 35 heavy (non-hydrogen) atoms. The van der Waals surface area contributed by atoms with Gasteiger partial charge in [0.1, 0.15) is 30.2 Å². The number of alkyl halides is 1. The van der Waals surface area contributed by atoms with Crippen molar-refractivity contribution >= 4 is 31.1 Å². The van der Waals surface area contributed by atoms with Gasteiger partial charge in [-0.1, -0.05) is 39.0 Å². The zero-order chi connectivity index (χ0) is 25.5. The van der Waals surface area contributed by atoms with E-state index in [4.69, 9.17) is 9.16 Å². The fourth-order valence-corrected chi connectivity index (χ4v) is 5.41. The van der Waals surface area contributed by atoms with E-state index in [1.54, 1.807) is 42.1 Å². The van der Waals surface area contributed by atoms with Crippen molar-refractivity contribution in [3.8, 4) is 0 Å². The van der Waals surface area contributed by atoms with E-state index in [1.165, 1.54) is 6.33 Å². The molecule has 1 aromatic carbocycles. The number of fused-ring (bicyclic) bond motifs is 1. The molecule has 1 saturated heterocycles. The van der Waals surface area contributed by atoms with Crippen molar-refractivity contribution in [1.29, 1.82) is 0 Å². The molecule has 188 valence electrons. The highest BCUT2D eigenvalue weighted by Crippen LogP contribution is 2.45. The molecule has 1 aliphatic heterocycles. The van der Waals surface area contributed by atoms with E-state index in [-0.39, 0.29) is 17.6 Å². The maximum Gasteiger partial charge on any atom is 0.256 e. The van der Waals surface area contributed by atoms with Crippen molar-refractivity contribution in [2.75, 3.05) is 11.9 Å². The van der Waals surface area contributed by atoms with Crippen LogP contribution in [0.25, 0.3) is 11.0 Å². The minimum Gasteiger partial charge on any atom is -0.408 e. The van der Waals surface area contributed by atoms with E-state index in [0.29, 0.717) is 28.0 Å². The fraction of sp³-hybridized carbons (Fsp3) is 0.480. The summed E-state index contributed by atoms with van der Waals surface area (Å²) in [4.78, 5) is 21.4. The lowest BCUT2D eigenvalue weighted by Gasteiger charge is -2.39. The van der Waals surface area contributed by atoms with E-state index in [2.05, 4.69) is 36.1 Å². The molecular weight excluding hydrogens is 467 g/mol. The van der Waals surface area contributed by atoms with Gasteiger partial charge in [0.05, 0.1) is 12.1 Å². The summed E-state index contributed by atoms with van der Waals surface area (Å²) in [6.07, 6.45) is -1.08. The number of aliphatic hydroxyl groups is 1. The van der Waals surface area contributed by atoms with Gasteiger partial charge in [-0.2, -0.15) is 0 Å². The minimum atomic E-state index is -2.32. The number of aliphatic hydroxyl groups excluding tert-OH is 1. The number of amides is 1. The Bertz CT molecular complexity index is 1210. The van der Waals surface area contributed by atoms with Gasteiger partial charge in [-0.3, -0.25) is 4.79 Å². The van der Waals surface area contributed by atoms with Crippen molar-refractivity contribution in [2.45, 2.75) is 63.4 Å². The Hall–Kier alpha value is -2.66. The van der Waals surface area contributed by atoms with E-state index in [9.17, 15) is 9.90 Å². The minimum absolute atomic E-state index is 0.122. The second-order valence-electron chi connectivity index (χ2n) is 10.5. The van der Waals surface area contributed by atoms with Crippen LogP contribution in [0.4, 0.5) is 10.2 Å². The Labute approximate surface area is 205 Å². The molecule has 10 heteroatoms. The molecule has 0 radical (unpaired) electrons. The molecule has 1 aliphatic rings. The first-order valence-corrected chi connectivity index (χ1v) is 14.6. The maximum atomic E-state index is 15.9. The summed E-state index contributed by atoms with van der Waals surface area (Å²) in [5, 5.41) is 12.7. The lowest BCUT2D eigenvalue weighted by Crippen LogP contribution is -2.48. The zero-order valence-corrected chi connectivity index (χ0v) is 21.9. The third-order valence-corrected chi connectivity index (χ3v) is 11.5. The Kier molecular flexibility index (Phi) is 6.84. The Morgan fingerprint density at radius 1 is 1.26 bits per heavy atom. The maximum absolute atomic E-state index is 15.9. The summed E-state index contributed by atoms with van der Waals surface area (Å²) >= 11 is 0. The summed E-state index contributed by atoms with van der Waals surface area (Å²) in [7, 11) is -0.537. The highest BCUT2D eigenvalue weighted by molar-refractivity contribution is 6.74. The molecular formula is C25H33FN4O4Si. The zero-order valence-electron chi connectivity index (χ0n) is 20.9. The van der Waals surface area contributed by atoms with Crippen LogP contribution >= 0.6 is 0 Å². The molecule has 0 unspecified atom stereocenters. The Balaban J connectivity index is 1.66. The summed E-state index contributed by atoms with van der Waals surface area (Å²) in [5.41, 5.74) is 2.04.